The lowest BCUT2D eigenvalue weighted by molar-refractivity contribution is -0.165. The SMILES string of the molecule is CCCC(C)(C)[B]C1OCC(O)C(O)C1O. The molecule has 0 aromatic rings. The Kier molecular flexibility index (Phi) is 4.80. The van der Waals surface area contributed by atoms with Crippen molar-refractivity contribution in [3.05, 3.63) is 0 Å². The van der Waals surface area contributed by atoms with E-state index in [9.17, 15) is 15.3 Å². The molecule has 1 heterocycles. The molecule has 1 rings (SSSR count). The van der Waals surface area contributed by atoms with Crippen molar-refractivity contribution in [1.29, 1.82) is 0 Å². The third-order valence-corrected chi connectivity index (χ3v) is 3.05. The zero-order chi connectivity index (χ0) is 12.3. The maximum atomic E-state index is 9.77. The van der Waals surface area contributed by atoms with Gasteiger partial charge in [-0.3, -0.25) is 0 Å². The van der Waals surface area contributed by atoms with Gasteiger partial charge in [-0.15, -0.1) is 0 Å². The largest absolute Gasteiger partial charge is 0.388 e. The van der Waals surface area contributed by atoms with Crippen molar-refractivity contribution >= 4 is 7.28 Å². The van der Waals surface area contributed by atoms with Gasteiger partial charge in [0, 0.05) is 0 Å². The maximum absolute atomic E-state index is 9.77. The smallest absolute Gasteiger partial charge is 0.160 e. The molecule has 1 aliphatic rings. The highest BCUT2D eigenvalue weighted by Gasteiger charge is 2.40. The van der Waals surface area contributed by atoms with Crippen LogP contribution in [0.4, 0.5) is 0 Å². The molecule has 0 aromatic carbocycles. The molecule has 0 bridgehead atoms. The third-order valence-electron chi connectivity index (χ3n) is 3.05. The molecule has 1 fully saturated rings. The van der Waals surface area contributed by atoms with Crippen molar-refractivity contribution in [3.8, 4) is 0 Å². The average molecular weight is 229 g/mol. The molecule has 4 nitrogen and oxygen atoms in total. The molecule has 0 aliphatic carbocycles. The van der Waals surface area contributed by atoms with Gasteiger partial charge in [0.1, 0.15) is 18.3 Å². The van der Waals surface area contributed by atoms with Gasteiger partial charge in [-0.2, -0.15) is 0 Å². The molecule has 0 saturated carbocycles. The van der Waals surface area contributed by atoms with Gasteiger partial charge >= 0.3 is 0 Å². The highest BCUT2D eigenvalue weighted by atomic mass is 16.5. The molecular formula is C11H22BO4. The fourth-order valence-corrected chi connectivity index (χ4v) is 2.15. The van der Waals surface area contributed by atoms with Gasteiger partial charge < -0.3 is 20.1 Å². The summed E-state index contributed by atoms with van der Waals surface area (Å²) >= 11 is 0. The van der Waals surface area contributed by atoms with E-state index in [4.69, 9.17) is 4.74 Å². The lowest BCUT2D eigenvalue weighted by atomic mass is 9.47. The van der Waals surface area contributed by atoms with Crippen LogP contribution in [0.2, 0.25) is 5.31 Å². The highest BCUT2D eigenvalue weighted by Crippen LogP contribution is 2.32. The second kappa shape index (κ2) is 5.49. The minimum Gasteiger partial charge on any atom is -0.388 e. The monoisotopic (exact) mass is 229 g/mol. The number of rotatable bonds is 4. The van der Waals surface area contributed by atoms with Crippen molar-refractivity contribution < 1.29 is 20.1 Å². The van der Waals surface area contributed by atoms with Crippen molar-refractivity contribution in [3.63, 3.8) is 0 Å². The van der Waals surface area contributed by atoms with E-state index in [0.717, 1.165) is 12.8 Å². The van der Waals surface area contributed by atoms with Gasteiger partial charge in [0.25, 0.3) is 0 Å². The van der Waals surface area contributed by atoms with Gasteiger partial charge in [0.2, 0.25) is 0 Å². The maximum Gasteiger partial charge on any atom is 0.160 e. The van der Waals surface area contributed by atoms with Crippen molar-refractivity contribution in [2.45, 2.75) is 63.2 Å². The van der Waals surface area contributed by atoms with Crippen molar-refractivity contribution in [1.82, 2.24) is 0 Å². The quantitative estimate of drug-likeness (QED) is 0.599. The number of hydrogen-bond donors (Lipinski definition) is 3. The van der Waals surface area contributed by atoms with Crippen molar-refractivity contribution in [2.24, 2.45) is 0 Å². The Labute approximate surface area is 97.9 Å². The van der Waals surface area contributed by atoms with Gasteiger partial charge in [-0.1, -0.05) is 38.9 Å². The van der Waals surface area contributed by atoms with E-state index in [0.29, 0.717) is 0 Å². The summed E-state index contributed by atoms with van der Waals surface area (Å²) in [4.78, 5) is 0. The summed E-state index contributed by atoms with van der Waals surface area (Å²) in [5, 5.41) is 28.6. The van der Waals surface area contributed by atoms with E-state index in [1.807, 2.05) is 7.28 Å². The third kappa shape index (κ3) is 3.45. The second-order valence-electron chi connectivity index (χ2n) is 5.25. The molecule has 3 N–H and O–H groups in total. The van der Waals surface area contributed by atoms with Crippen LogP contribution in [-0.4, -0.2) is 53.5 Å². The Morgan fingerprint density at radius 2 is 1.88 bits per heavy atom. The van der Waals surface area contributed by atoms with Crippen molar-refractivity contribution in [2.75, 3.05) is 6.61 Å². The Morgan fingerprint density at radius 1 is 1.25 bits per heavy atom. The van der Waals surface area contributed by atoms with Gasteiger partial charge in [-0.25, -0.2) is 0 Å². The number of aliphatic hydroxyl groups is 3. The van der Waals surface area contributed by atoms with Crippen LogP contribution in [0.3, 0.4) is 0 Å². The topological polar surface area (TPSA) is 69.9 Å². The molecule has 4 atom stereocenters. The highest BCUT2D eigenvalue weighted by molar-refractivity contribution is 6.41. The summed E-state index contributed by atoms with van der Waals surface area (Å²) in [6.07, 6.45) is -1.10. The lowest BCUT2D eigenvalue weighted by Gasteiger charge is -2.38. The summed E-state index contributed by atoms with van der Waals surface area (Å²) in [6.45, 7) is 6.32. The van der Waals surface area contributed by atoms with Gasteiger partial charge in [0.15, 0.2) is 7.28 Å². The molecular weight excluding hydrogens is 207 g/mol. The second-order valence-corrected chi connectivity index (χ2v) is 5.25. The van der Waals surface area contributed by atoms with E-state index in [-0.39, 0.29) is 11.9 Å². The van der Waals surface area contributed by atoms with E-state index in [1.54, 1.807) is 0 Å². The molecule has 1 aliphatic heterocycles. The fraction of sp³-hybridized carbons (Fsp3) is 1.00. The Bertz CT molecular complexity index is 222. The first-order valence-corrected chi connectivity index (χ1v) is 5.89. The van der Waals surface area contributed by atoms with Crippen LogP contribution in [0.25, 0.3) is 0 Å². The molecule has 4 unspecified atom stereocenters. The van der Waals surface area contributed by atoms with Crippen LogP contribution in [0.1, 0.15) is 33.6 Å². The van der Waals surface area contributed by atoms with E-state index >= 15 is 0 Å². The molecule has 16 heavy (non-hydrogen) atoms. The van der Waals surface area contributed by atoms with E-state index in [2.05, 4.69) is 20.8 Å². The minimum absolute atomic E-state index is 0.0393. The van der Waals surface area contributed by atoms with Crippen LogP contribution in [0.15, 0.2) is 0 Å². The lowest BCUT2D eigenvalue weighted by Crippen LogP contribution is -2.56. The Balaban J connectivity index is 2.54. The Hall–Kier alpha value is -0.0951. The summed E-state index contributed by atoms with van der Waals surface area (Å²) in [6, 6.07) is -0.500. The number of hydrogen-bond acceptors (Lipinski definition) is 4. The predicted molar refractivity (Wildman–Crippen MR) is 62.5 cm³/mol. The van der Waals surface area contributed by atoms with Gasteiger partial charge in [-0.05, 0) is 0 Å². The first kappa shape index (κ1) is 14.0. The number of aliphatic hydroxyl groups excluding tert-OH is 3. The normalized spacial score (nSPS) is 36.1. The van der Waals surface area contributed by atoms with Crippen LogP contribution in [-0.2, 0) is 4.74 Å². The molecule has 1 radical (unpaired) electrons. The average Bonchev–Trinajstić information content (AvgIpc) is 2.19. The fourth-order valence-electron chi connectivity index (χ4n) is 2.15. The Morgan fingerprint density at radius 3 is 2.44 bits per heavy atom. The zero-order valence-electron chi connectivity index (χ0n) is 10.3. The zero-order valence-corrected chi connectivity index (χ0v) is 10.3. The molecule has 0 aromatic heterocycles. The summed E-state index contributed by atoms with van der Waals surface area (Å²) in [5.74, 6) is 0. The number of ether oxygens (including phenoxy) is 1. The van der Waals surface area contributed by atoms with Crippen LogP contribution in [0, 0.1) is 0 Å². The van der Waals surface area contributed by atoms with Gasteiger partial charge in [0.05, 0.1) is 12.6 Å². The van der Waals surface area contributed by atoms with Crippen LogP contribution in [0.5, 0.6) is 0 Å². The standard InChI is InChI=1S/C11H22BO4/c1-4-5-11(2,3)12-10-9(15)8(14)7(13)6-16-10/h7-10,13-15H,4-6H2,1-3H3. The predicted octanol–water partition coefficient (Wildman–Crippen LogP) is 0.128. The molecule has 5 heteroatoms. The minimum atomic E-state index is -1.12. The molecule has 0 amide bonds. The van der Waals surface area contributed by atoms with Crippen LogP contribution >= 0.6 is 0 Å². The molecule has 0 spiro atoms. The first-order valence-electron chi connectivity index (χ1n) is 5.89. The summed E-state index contributed by atoms with van der Waals surface area (Å²) in [5.41, 5.74) is 0. The summed E-state index contributed by atoms with van der Waals surface area (Å²) in [7, 11) is 1.93. The first-order chi connectivity index (χ1) is 7.37. The van der Waals surface area contributed by atoms with E-state index in [1.165, 1.54) is 0 Å². The van der Waals surface area contributed by atoms with Crippen LogP contribution < -0.4 is 0 Å². The summed E-state index contributed by atoms with van der Waals surface area (Å²) < 4.78 is 5.34. The molecule has 93 valence electrons. The molecule has 1 saturated heterocycles. The van der Waals surface area contributed by atoms with E-state index < -0.39 is 24.3 Å².